The Balaban J connectivity index is 2.42. The van der Waals surface area contributed by atoms with Crippen molar-refractivity contribution in [2.24, 2.45) is 0 Å². The fourth-order valence-corrected chi connectivity index (χ4v) is 2.56. The molecule has 21 heavy (non-hydrogen) atoms. The van der Waals surface area contributed by atoms with Gasteiger partial charge in [-0.05, 0) is 12.1 Å². The number of nitro benzene ring substituents is 1. The number of hydrogen-bond acceptors (Lipinski definition) is 5. The number of likely N-dealkylation sites (N-methyl/N-ethyl adjacent to an activating group) is 1. The van der Waals surface area contributed by atoms with Crippen LogP contribution in [0.3, 0.4) is 0 Å². The van der Waals surface area contributed by atoms with Gasteiger partial charge >= 0.3 is 0 Å². The summed E-state index contributed by atoms with van der Waals surface area (Å²) >= 11 is 5.84. The normalized spacial score (nSPS) is 18.4. The number of rotatable bonds is 3. The Morgan fingerprint density at radius 2 is 2.24 bits per heavy atom. The number of nitro groups is 1. The second-order valence-corrected chi connectivity index (χ2v) is 5.47. The lowest BCUT2D eigenvalue weighted by atomic mass is 10.1. The van der Waals surface area contributed by atoms with Crippen LogP contribution in [-0.4, -0.2) is 55.5 Å². The third-order valence-electron chi connectivity index (χ3n) is 3.41. The van der Waals surface area contributed by atoms with Gasteiger partial charge in [-0.15, -0.1) is 0 Å². The van der Waals surface area contributed by atoms with Crippen LogP contribution in [0.5, 0.6) is 0 Å². The summed E-state index contributed by atoms with van der Waals surface area (Å²) in [5.41, 5.74) is 0.340. The molecule has 1 aliphatic rings. The lowest BCUT2D eigenvalue weighted by molar-refractivity contribution is -0.384. The van der Waals surface area contributed by atoms with Gasteiger partial charge in [0.2, 0.25) is 5.91 Å². The summed E-state index contributed by atoms with van der Waals surface area (Å²) in [5, 5.41) is 14.7. The van der Waals surface area contributed by atoms with Gasteiger partial charge in [-0.2, -0.15) is 0 Å². The molecule has 2 rings (SSSR count). The lowest BCUT2D eigenvalue weighted by Gasteiger charge is -2.37. The number of hydrogen-bond donors (Lipinski definition) is 1. The van der Waals surface area contributed by atoms with Gasteiger partial charge in [0.25, 0.3) is 5.69 Å². The van der Waals surface area contributed by atoms with Gasteiger partial charge in [-0.3, -0.25) is 14.9 Å². The summed E-state index contributed by atoms with van der Waals surface area (Å²) in [6.07, 6.45) is 0. The molecule has 1 aromatic rings. The maximum absolute atomic E-state index is 12.3. The SMILES string of the molecule is CN(C)C(=O)C1CNCCN1c1ccc(Cl)cc1[N+](=O)[O-]. The van der Waals surface area contributed by atoms with Crippen LogP contribution in [0.25, 0.3) is 0 Å². The Kier molecular flexibility index (Phi) is 4.64. The molecule has 0 spiro atoms. The first-order valence-electron chi connectivity index (χ1n) is 6.54. The lowest BCUT2D eigenvalue weighted by Crippen LogP contribution is -2.58. The fraction of sp³-hybridized carbons (Fsp3) is 0.462. The van der Waals surface area contributed by atoms with E-state index in [1.807, 2.05) is 0 Å². The molecule has 1 aliphatic heterocycles. The van der Waals surface area contributed by atoms with Crippen molar-refractivity contribution in [2.75, 3.05) is 38.6 Å². The highest BCUT2D eigenvalue weighted by Gasteiger charge is 2.33. The van der Waals surface area contributed by atoms with E-state index in [0.29, 0.717) is 30.3 Å². The maximum atomic E-state index is 12.3. The number of nitrogens with one attached hydrogen (secondary N) is 1. The largest absolute Gasteiger partial charge is 0.352 e. The second kappa shape index (κ2) is 6.28. The molecule has 1 unspecified atom stereocenters. The highest BCUT2D eigenvalue weighted by molar-refractivity contribution is 6.30. The number of halogens is 1. The van der Waals surface area contributed by atoms with Crippen molar-refractivity contribution in [2.45, 2.75) is 6.04 Å². The Labute approximate surface area is 127 Å². The van der Waals surface area contributed by atoms with Crippen LogP contribution in [0, 0.1) is 10.1 Å². The molecule has 0 saturated carbocycles. The third kappa shape index (κ3) is 3.25. The van der Waals surface area contributed by atoms with Crippen molar-refractivity contribution in [3.8, 4) is 0 Å². The minimum Gasteiger partial charge on any atom is -0.352 e. The quantitative estimate of drug-likeness (QED) is 0.668. The van der Waals surface area contributed by atoms with Gasteiger partial charge in [0.15, 0.2) is 0 Å². The average Bonchev–Trinajstić information content (AvgIpc) is 2.46. The van der Waals surface area contributed by atoms with Crippen LogP contribution in [0.15, 0.2) is 18.2 Å². The smallest absolute Gasteiger partial charge is 0.294 e. The van der Waals surface area contributed by atoms with Crippen molar-refractivity contribution in [3.05, 3.63) is 33.3 Å². The van der Waals surface area contributed by atoms with E-state index in [1.54, 1.807) is 31.1 Å². The van der Waals surface area contributed by atoms with E-state index in [-0.39, 0.29) is 11.6 Å². The van der Waals surface area contributed by atoms with Gasteiger partial charge in [0, 0.05) is 44.8 Å². The topological polar surface area (TPSA) is 78.7 Å². The zero-order valence-electron chi connectivity index (χ0n) is 11.9. The number of benzene rings is 1. The fourth-order valence-electron chi connectivity index (χ4n) is 2.40. The molecule has 1 atom stereocenters. The Morgan fingerprint density at radius 3 is 2.86 bits per heavy atom. The number of carbonyl (C=O) groups is 1. The number of amides is 1. The Hall–Kier alpha value is -1.86. The van der Waals surface area contributed by atoms with Gasteiger partial charge < -0.3 is 15.1 Å². The molecular weight excluding hydrogens is 296 g/mol. The summed E-state index contributed by atoms with van der Waals surface area (Å²) in [6.45, 7) is 1.64. The number of anilines is 1. The van der Waals surface area contributed by atoms with Gasteiger partial charge in [-0.25, -0.2) is 0 Å². The van der Waals surface area contributed by atoms with Crippen LogP contribution >= 0.6 is 11.6 Å². The highest BCUT2D eigenvalue weighted by atomic mass is 35.5. The van der Waals surface area contributed by atoms with Crippen molar-refractivity contribution >= 4 is 28.9 Å². The Bertz CT molecular complexity index is 564. The minimum atomic E-state index is -0.472. The van der Waals surface area contributed by atoms with Crippen molar-refractivity contribution < 1.29 is 9.72 Å². The molecule has 0 aromatic heterocycles. The van der Waals surface area contributed by atoms with Gasteiger partial charge in [0.1, 0.15) is 11.7 Å². The van der Waals surface area contributed by atoms with E-state index in [1.165, 1.54) is 11.0 Å². The molecule has 1 saturated heterocycles. The summed E-state index contributed by atoms with van der Waals surface area (Å²) in [6, 6.07) is 4.05. The van der Waals surface area contributed by atoms with Gasteiger partial charge in [0.05, 0.1) is 4.92 Å². The first-order valence-corrected chi connectivity index (χ1v) is 6.92. The molecule has 114 valence electrons. The number of carbonyl (C=O) groups excluding carboxylic acids is 1. The standard InChI is InChI=1S/C13H17ClN4O3/c1-16(2)13(19)12-8-15-5-6-17(12)10-4-3-9(14)7-11(10)18(20)21/h3-4,7,12,15H,5-6,8H2,1-2H3. The molecule has 1 heterocycles. The van der Waals surface area contributed by atoms with Crippen LogP contribution in [-0.2, 0) is 4.79 Å². The molecule has 8 heteroatoms. The molecule has 7 nitrogen and oxygen atoms in total. The van der Waals surface area contributed by atoms with Crippen molar-refractivity contribution in [3.63, 3.8) is 0 Å². The monoisotopic (exact) mass is 312 g/mol. The predicted molar refractivity (Wildman–Crippen MR) is 80.8 cm³/mol. The van der Waals surface area contributed by atoms with Crippen LogP contribution < -0.4 is 10.2 Å². The van der Waals surface area contributed by atoms with Crippen molar-refractivity contribution in [1.82, 2.24) is 10.2 Å². The number of piperazine rings is 1. The van der Waals surface area contributed by atoms with E-state index in [4.69, 9.17) is 11.6 Å². The third-order valence-corrected chi connectivity index (χ3v) is 3.65. The van der Waals surface area contributed by atoms with E-state index >= 15 is 0 Å². The highest BCUT2D eigenvalue weighted by Crippen LogP contribution is 2.32. The summed E-state index contributed by atoms with van der Waals surface area (Å²) in [4.78, 5) is 26.3. The average molecular weight is 313 g/mol. The van der Waals surface area contributed by atoms with Crippen LogP contribution in [0.1, 0.15) is 0 Å². The second-order valence-electron chi connectivity index (χ2n) is 5.04. The minimum absolute atomic E-state index is 0.0824. The molecule has 0 radical (unpaired) electrons. The molecule has 1 amide bonds. The Morgan fingerprint density at radius 1 is 1.52 bits per heavy atom. The molecule has 0 aliphatic carbocycles. The number of nitrogens with zero attached hydrogens (tertiary/aromatic N) is 3. The molecule has 0 bridgehead atoms. The van der Waals surface area contributed by atoms with E-state index in [0.717, 1.165) is 0 Å². The van der Waals surface area contributed by atoms with Crippen molar-refractivity contribution in [1.29, 1.82) is 0 Å². The first kappa shape index (κ1) is 15.5. The molecule has 1 aromatic carbocycles. The van der Waals surface area contributed by atoms with Crippen LogP contribution in [0.2, 0.25) is 5.02 Å². The van der Waals surface area contributed by atoms with Crippen LogP contribution in [0.4, 0.5) is 11.4 Å². The summed E-state index contributed by atoms with van der Waals surface area (Å²) in [7, 11) is 3.34. The molecule has 1 fully saturated rings. The zero-order valence-corrected chi connectivity index (χ0v) is 12.6. The summed E-state index contributed by atoms with van der Waals surface area (Å²) < 4.78 is 0. The van der Waals surface area contributed by atoms with E-state index in [2.05, 4.69) is 5.32 Å². The van der Waals surface area contributed by atoms with Gasteiger partial charge in [-0.1, -0.05) is 11.6 Å². The predicted octanol–water partition coefficient (Wildman–Crippen LogP) is 1.11. The maximum Gasteiger partial charge on any atom is 0.294 e. The summed E-state index contributed by atoms with van der Waals surface area (Å²) in [5.74, 6) is -0.0913. The molecular formula is C13H17ClN4O3. The van der Waals surface area contributed by atoms with E-state index in [9.17, 15) is 14.9 Å². The zero-order chi connectivity index (χ0) is 15.6. The van der Waals surface area contributed by atoms with E-state index < -0.39 is 11.0 Å². The first-order chi connectivity index (χ1) is 9.91. The molecule has 1 N–H and O–H groups in total.